The van der Waals surface area contributed by atoms with Gasteiger partial charge in [0.2, 0.25) is 11.8 Å². The zero-order valence-corrected chi connectivity index (χ0v) is 37.5. The second-order valence-electron chi connectivity index (χ2n) is 17.1. The number of unbranched alkanes of at least 4 members (excludes halogenated alkanes) is 1. The highest BCUT2D eigenvalue weighted by Crippen LogP contribution is 2.25. The van der Waals surface area contributed by atoms with Crippen molar-refractivity contribution < 1.29 is 58.0 Å². The number of nitrogens with zero attached hydrogens (tertiary/aromatic N) is 1. The predicted molar refractivity (Wildman–Crippen MR) is 225 cm³/mol. The van der Waals surface area contributed by atoms with E-state index in [2.05, 4.69) is 21.3 Å². The highest BCUT2D eigenvalue weighted by atomic mass is 16.5. The van der Waals surface area contributed by atoms with Gasteiger partial charge in [0.1, 0.15) is 0 Å². The molecule has 1 aliphatic heterocycles. The lowest BCUT2D eigenvalue weighted by Gasteiger charge is -2.38. The van der Waals surface area contributed by atoms with Crippen LogP contribution in [0.25, 0.3) is 0 Å². The quantitative estimate of drug-likeness (QED) is 0.0448. The minimum absolute atomic E-state index is 0.0191. The number of carboxylic acids is 2. The van der Waals surface area contributed by atoms with E-state index in [0.29, 0.717) is 97.8 Å². The maximum Gasteiger partial charge on any atom is 0.303 e. The van der Waals surface area contributed by atoms with Crippen LogP contribution in [0.4, 0.5) is 0 Å². The molecule has 2 amide bonds. The predicted octanol–water partition coefficient (Wildman–Crippen LogP) is 1.74. The van der Waals surface area contributed by atoms with Crippen molar-refractivity contribution in [2.24, 2.45) is 5.73 Å². The summed E-state index contributed by atoms with van der Waals surface area (Å²) in [5, 5.41) is 31.0. The van der Waals surface area contributed by atoms with Crippen molar-refractivity contribution in [1.82, 2.24) is 26.2 Å². The monoisotopic (exact) mass is 857 g/mol. The Morgan fingerprint density at radius 3 is 1.85 bits per heavy atom. The first-order valence-electron chi connectivity index (χ1n) is 21.5. The van der Waals surface area contributed by atoms with Gasteiger partial charge in [-0.3, -0.25) is 44.2 Å². The van der Waals surface area contributed by atoms with Crippen LogP contribution in [-0.4, -0.2) is 156 Å². The Morgan fingerprint density at radius 2 is 1.27 bits per heavy atom. The lowest BCUT2D eigenvalue weighted by Crippen LogP contribution is -2.64. The maximum atomic E-state index is 14.3. The minimum atomic E-state index is -1.38. The summed E-state index contributed by atoms with van der Waals surface area (Å²) >= 11 is 0. The number of nitrogens with one attached hydrogen (secondary N) is 4. The first-order valence-corrected chi connectivity index (χ1v) is 21.5. The Hall–Kier alpha value is -3.39. The Labute approximate surface area is 356 Å². The Bertz CT molecular complexity index is 1390. The third kappa shape index (κ3) is 20.4. The van der Waals surface area contributed by atoms with Crippen molar-refractivity contribution in [2.75, 3.05) is 59.3 Å². The first-order chi connectivity index (χ1) is 28.1. The largest absolute Gasteiger partial charge is 0.481 e. The van der Waals surface area contributed by atoms with Gasteiger partial charge in [-0.15, -0.1) is 0 Å². The highest BCUT2D eigenvalue weighted by Gasteiger charge is 2.44. The zero-order chi connectivity index (χ0) is 45.5. The molecule has 18 nitrogen and oxygen atoms in total. The van der Waals surface area contributed by atoms with Crippen LogP contribution in [0, 0.1) is 0 Å². The molecule has 8 N–H and O–H groups in total. The van der Waals surface area contributed by atoms with Gasteiger partial charge in [-0.25, -0.2) is 0 Å². The topological polar surface area (TPSA) is 265 Å². The Balaban J connectivity index is 3.05. The average molecular weight is 857 g/mol. The van der Waals surface area contributed by atoms with Crippen LogP contribution in [0.3, 0.4) is 0 Å². The van der Waals surface area contributed by atoms with Crippen molar-refractivity contribution in [2.45, 2.75) is 167 Å². The number of rotatable bonds is 35. The molecule has 0 radical (unpaired) electrons. The SMILES string of the molecule is CCCOCCOCCOCCCNC(=O)C(CCCCNC(C)(C)C(=O)C(N)CCC(=O)O)NC(C)(C)C(=O)C(CCC(=O)O)NC(C)(C)C(=O)C1CCCN1C(C)=O. The number of amides is 2. The number of carboxylic acid groups (broad SMARTS) is 2. The van der Waals surface area contributed by atoms with Crippen molar-refractivity contribution in [1.29, 1.82) is 0 Å². The van der Waals surface area contributed by atoms with Crippen LogP contribution in [0.5, 0.6) is 0 Å². The summed E-state index contributed by atoms with van der Waals surface area (Å²) in [5.41, 5.74) is 2.28. The average Bonchev–Trinajstić information content (AvgIpc) is 3.67. The van der Waals surface area contributed by atoms with Crippen molar-refractivity contribution in [3.8, 4) is 0 Å². The van der Waals surface area contributed by atoms with Crippen LogP contribution in [0.2, 0.25) is 0 Å². The molecule has 346 valence electrons. The molecule has 1 fully saturated rings. The zero-order valence-electron chi connectivity index (χ0n) is 37.5. The van der Waals surface area contributed by atoms with E-state index < -0.39 is 58.5 Å². The van der Waals surface area contributed by atoms with E-state index in [-0.39, 0.29) is 49.1 Å². The second-order valence-corrected chi connectivity index (χ2v) is 17.1. The number of hydrogen-bond donors (Lipinski definition) is 7. The molecule has 60 heavy (non-hydrogen) atoms. The molecule has 0 aliphatic carbocycles. The molecule has 1 aliphatic rings. The van der Waals surface area contributed by atoms with E-state index in [0.717, 1.165) is 6.42 Å². The van der Waals surface area contributed by atoms with Gasteiger partial charge in [-0.05, 0) is 99.5 Å². The molecule has 0 spiro atoms. The van der Waals surface area contributed by atoms with Gasteiger partial charge in [0.25, 0.3) is 0 Å². The lowest BCUT2D eigenvalue weighted by atomic mass is 9.85. The number of nitrogens with two attached hydrogens (primary N) is 1. The second kappa shape index (κ2) is 27.5. The maximum absolute atomic E-state index is 14.3. The molecule has 1 heterocycles. The molecule has 4 atom stereocenters. The third-order valence-electron chi connectivity index (χ3n) is 10.5. The number of aliphatic carboxylic acids is 2. The smallest absolute Gasteiger partial charge is 0.303 e. The molecule has 18 heteroatoms. The van der Waals surface area contributed by atoms with Gasteiger partial charge in [-0.1, -0.05) is 13.3 Å². The molecule has 0 bridgehead atoms. The summed E-state index contributed by atoms with van der Waals surface area (Å²) in [6.45, 7) is 17.3. The Morgan fingerprint density at radius 1 is 0.700 bits per heavy atom. The van der Waals surface area contributed by atoms with Crippen LogP contribution in [0.15, 0.2) is 0 Å². The highest BCUT2D eigenvalue weighted by molar-refractivity contribution is 5.98. The van der Waals surface area contributed by atoms with Crippen LogP contribution < -0.4 is 27.0 Å². The van der Waals surface area contributed by atoms with E-state index in [9.17, 15) is 38.7 Å². The number of Topliss-reactive ketones (excluding diaryl/α,β-unsaturated/α-hetero) is 3. The van der Waals surface area contributed by atoms with Gasteiger partial charge in [0.15, 0.2) is 17.3 Å². The van der Waals surface area contributed by atoms with Gasteiger partial charge < -0.3 is 45.7 Å². The molecule has 1 saturated heterocycles. The van der Waals surface area contributed by atoms with E-state index in [1.54, 1.807) is 41.5 Å². The summed E-state index contributed by atoms with van der Waals surface area (Å²) < 4.78 is 16.5. The molecule has 0 aromatic rings. The fourth-order valence-corrected chi connectivity index (χ4v) is 7.12. The standard InChI is InChI=1S/C42H76N6O12/c1-9-23-58-25-27-60-28-26-59-24-13-20-44-39(57)32(14-10-11-21-45-40(3,4)36(54)30(43)16-18-34(50)51)47-41(5,6)37(55)31(17-19-35(52)53)46-42(7,8)38(56)33-15-12-22-48(33)29(2)49/h30-33,45-47H,9-28,43H2,1-8H3,(H,44,57)(H,50,51)(H,52,53). The fourth-order valence-electron chi connectivity index (χ4n) is 7.12. The number of likely N-dealkylation sites (tertiary alicyclic amines) is 1. The molecule has 0 aromatic heterocycles. The fraction of sp³-hybridized carbons (Fsp3) is 0.833. The number of ketones is 3. The molecule has 0 saturated carbocycles. The van der Waals surface area contributed by atoms with E-state index in [1.807, 2.05) is 6.92 Å². The number of hydrogen-bond acceptors (Lipinski definition) is 14. The van der Waals surface area contributed by atoms with Crippen LogP contribution in [0.1, 0.15) is 126 Å². The van der Waals surface area contributed by atoms with E-state index in [1.165, 1.54) is 11.8 Å². The molecule has 1 rings (SSSR count). The summed E-state index contributed by atoms with van der Waals surface area (Å²) in [6, 6.07) is -3.55. The minimum Gasteiger partial charge on any atom is -0.481 e. The van der Waals surface area contributed by atoms with Crippen LogP contribution >= 0.6 is 0 Å². The van der Waals surface area contributed by atoms with Gasteiger partial charge >= 0.3 is 11.9 Å². The van der Waals surface area contributed by atoms with Crippen LogP contribution in [-0.2, 0) is 47.8 Å². The summed E-state index contributed by atoms with van der Waals surface area (Å²) in [6.07, 6.45) is 3.29. The Kier molecular flexibility index (Phi) is 25.1. The van der Waals surface area contributed by atoms with Gasteiger partial charge in [0, 0.05) is 46.1 Å². The first kappa shape index (κ1) is 54.6. The van der Waals surface area contributed by atoms with E-state index in [4.69, 9.17) is 25.1 Å². The molecular weight excluding hydrogens is 780 g/mol. The summed E-state index contributed by atoms with van der Waals surface area (Å²) in [5.74, 6) is -3.75. The number of ether oxygens (including phenoxy) is 3. The lowest BCUT2D eigenvalue weighted by molar-refractivity contribution is -0.140. The van der Waals surface area contributed by atoms with Crippen molar-refractivity contribution in [3.05, 3.63) is 0 Å². The number of carbonyl (C=O) groups excluding carboxylic acids is 5. The van der Waals surface area contributed by atoms with E-state index >= 15 is 0 Å². The normalized spacial score (nSPS) is 16.3. The van der Waals surface area contributed by atoms with Crippen molar-refractivity contribution in [3.63, 3.8) is 0 Å². The summed E-state index contributed by atoms with van der Waals surface area (Å²) in [4.78, 5) is 91.2. The van der Waals surface area contributed by atoms with Crippen molar-refractivity contribution >= 4 is 41.1 Å². The third-order valence-corrected chi connectivity index (χ3v) is 10.5. The molecule has 4 unspecified atom stereocenters. The van der Waals surface area contributed by atoms with Gasteiger partial charge in [-0.2, -0.15) is 0 Å². The summed E-state index contributed by atoms with van der Waals surface area (Å²) in [7, 11) is 0. The molecular formula is C42H76N6O12. The number of carbonyl (C=O) groups is 7. The van der Waals surface area contributed by atoms with Gasteiger partial charge in [0.05, 0.1) is 67.2 Å². The molecule has 0 aromatic carbocycles.